The Hall–Kier alpha value is -3.08. The van der Waals surface area contributed by atoms with Gasteiger partial charge in [-0.2, -0.15) is 0 Å². The Morgan fingerprint density at radius 2 is 1.92 bits per heavy atom. The first kappa shape index (κ1) is 15.8. The molecule has 0 unspecified atom stereocenters. The quantitative estimate of drug-likeness (QED) is 0.695. The zero-order chi connectivity index (χ0) is 17.1. The van der Waals surface area contributed by atoms with Crippen LogP contribution in [0, 0.1) is 6.92 Å². The second-order valence-corrected chi connectivity index (χ2v) is 5.45. The summed E-state index contributed by atoms with van der Waals surface area (Å²) in [5, 5.41) is 1.27. The molecule has 5 heteroatoms. The smallest absolute Gasteiger partial charge is 0.282 e. The largest absolute Gasteiger partial charge is 0.493 e. The highest BCUT2D eigenvalue weighted by molar-refractivity contribution is 6.31. The number of anilines is 1. The van der Waals surface area contributed by atoms with Crippen molar-refractivity contribution in [2.45, 2.75) is 13.8 Å². The van der Waals surface area contributed by atoms with E-state index in [1.165, 1.54) is 5.01 Å². The highest BCUT2D eigenvalue weighted by Gasteiger charge is 2.34. The van der Waals surface area contributed by atoms with Crippen molar-refractivity contribution in [1.29, 1.82) is 0 Å². The van der Waals surface area contributed by atoms with Gasteiger partial charge in [-0.15, -0.1) is 0 Å². The van der Waals surface area contributed by atoms with E-state index in [2.05, 4.69) is 5.43 Å². The van der Waals surface area contributed by atoms with E-state index in [0.29, 0.717) is 23.6 Å². The van der Waals surface area contributed by atoms with Crippen LogP contribution in [0.2, 0.25) is 0 Å². The third kappa shape index (κ3) is 3.01. The lowest BCUT2D eigenvalue weighted by Crippen LogP contribution is -2.35. The SMILES string of the molecule is CCOc1ccccc1/C=C1/C(=O)NN(c2cccc(C)c2)C1=O. The molecule has 3 rings (SSSR count). The van der Waals surface area contributed by atoms with Gasteiger partial charge in [-0.3, -0.25) is 15.0 Å². The highest BCUT2D eigenvalue weighted by Crippen LogP contribution is 2.25. The number of nitrogens with one attached hydrogen (secondary N) is 1. The number of hydrazine groups is 1. The summed E-state index contributed by atoms with van der Waals surface area (Å²) < 4.78 is 5.54. The maximum absolute atomic E-state index is 12.6. The van der Waals surface area contributed by atoms with Gasteiger partial charge in [-0.25, -0.2) is 5.01 Å². The molecule has 5 nitrogen and oxygen atoms in total. The Kier molecular flexibility index (Phi) is 4.33. The average Bonchev–Trinajstić information content (AvgIpc) is 2.85. The molecule has 0 aromatic heterocycles. The molecule has 0 radical (unpaired) electrons. The fourth-order valence-electron chi connectivity index (χ4n) is 2.55. The lowest BCUT2D eigenvalue weighted by molar-refractivity contribution is -0.117. The van der Waals surface area contributed by atoms with Crippen molar-refractivity contribution >= 4 is 23.6 Å². The molecule has 0 saturated carbocycles. The maximum atomic E-state index is 12.6. The molecule has 24 heavy (non-hydrogen) atoms. The predicted octanol–water partition coefficient (Wildman–Crippen LogP) is 2.86. The average molecular weight is 322 g/mol. The minimum Gasteiger partial charge on any atom is -0.493 e. The number of hydrogen-bond donors (Lipinski definition) is 1. The van der Waals surface area contributed by atoms with Crippen LogP contribution in [0.15, 0.2) is 54.1 Å². The summed E-state index contributed by atoms with van der Waals surface area (Å²) in [7, 11) is 0. The van der Waals surface area contributed by atoms with Gasteiger partial charge in [-0.1, -0.05) is 30.3 Å². The third-order valence-corrected chi connectivity index (χ3v) is 3.67. The molecular formula is C19H18N2O3. The molecule has 0 spiro atoms. The van der Waals surface area contributed by atoms with Crippen LogP contribution >= 0.6 is 0 Å². The maximum Gasteiger partial charge on any atom is 0.282 e. The monoisotopic (exact) mass is 322 g/mol. The van der Waals surface area contributed by atoms with E-state index in [1.54, 1.807) is 12.1 Å². The molecule has 1 N–H and O–H groups in total. The van der Waals surface area contributed by atoms with Gasteiger partial charge in [0.25, 0.3) is 11.8 Å². The molecule has 1 fully saturated rings. The van der Waals surface area contributed by atoms with Gasteiger partial charge < -0.3 is 4.74 Å². The lowest BCUT2D eigenvalue weighted by atomic mass is 10.1. The Labute approximate surface area is 140 Å². The first-order valence-corrected chi connectivity index (χ1v) is 7.76. The van der Waals surface area contributed by atoms with E-state index < -0.39 is 5.91 Å². The zero-order valence-corrected chi connectivity index (χ0v) is 13.6. The number of para-hydroxylation sites is 1. The van der Waals surface area contributed by atoms with Gasteiger partial charge in [-0.05, 0) is 43.7 Å². The molecule has 1 aliphatic heterocycles. The minimum absolute atomic E-state index is 0.0867. The summed E-state index contributed by atoms with van der Waals surface area (Å²) in [6, 6.07) is 14.7. The van der Waals surface area contributed by atoms with Crippen LogP contribution in [-0.4, -0.2) is 18.4 Å². The van der Waals surface area contributed by atoms with Crippen LogP contribution in [0.3, 0.4) is 0 Å². The number of rotatable bonds is 4. The van der Waals surface area contributed by atoms with Gasteiger partial charge in [0.05, 0.1) is 12.3 Å². The number of hydrogen-bond acceptors (Lipinski definition) is 3. The summed E-state index contributed by atoms with van der Waals surface area (Å²) >= 11 is 0. The fourth-order valence-corrected chi connectivity index (χ4v) is 2.55. The van der Waals surface area contributed by atoms with Crippen LogP contribution < -0.4 is 15.2 Å². The van der Waals surface area contributed by atoms with E-state index >= 15 is 0 Å². The Morgan fingerprint density at radius 1 is 1.12 bits per heavy atom. The highest BCUT2D eigenvalue weighted by atomic mass is 16.5. The van der Waals surface area contributed by atoms with Crippen LogP contribution in [0.25, 0.3) is 6.08 Å². The second-order valence-electron chi connectivity index (χ2n) is 5.45. The summed E-state index contributed by atoms with van der Waals surface area (Å²) in [6.45, 7) is 4.33. The second kappa shape index (κ2) is 6.58. The molecule has 0 bridgehead atoms. The van der Waals surface area contributed by atoms with E-state index in [1.807, 2.05) is 56.3 Å². The van der Waals surface area contributed by atoms with Crippen LogP contribution in [0.5, 0.6) is 5.75 Å². The van der Waals surface area contributed by atoms with E-state index in [-0.39, 0.29) is 11.5 Å². The molecule has 122 valence electrons. The van der Waals surface area contributed by atoms with Gasteiger partial charge >= 0.3 is 0 Å². The molecule has 1 aliphatic rings. The molecular weight excluding hydrogens is 304 g/mol. The Balaban J connectivity index is 1.95. The molecule has 2 aromatic carbocycles. The number of ether oxygens (including phenoxy) is 1. The molecule has 1 saturated heterocycles. The number of nitrogens with zero attached hydrogens (tertiary/aromatic N) is 1. The van der Waals surface area contributed by atoms with E-state index in [0.717, 1.165) is 5.56 Å². The van der Waals surface area contributed by atoms with Crippen molar-refractivity contribution in [2.24, 2.45) is 0 Å². The molecule has 2 aromatic rings. The number of carbonyl (C=O) groups is 2. The van der Waals surface area contributed by atoms with Crippen molar-refractivity contribution in [3.63, 3.8) is 0 Å². The standard InChI is InChI=1S/C19H18N2O3/c1-3-24-17-10-5-4-8-14(17)12-16-18(22)20-21(19(16)23)15-9-6-7-13(2)11-15/h4-12H,3H2,1-2H3,(H,20,22)/b16-12-. The molecule has 0 atom stereocenters. The molecule has 1 heterocycles. The van der Waals surface area contributed by atoms with Crippen molar-refractivity contribution < 1.29 is 14.3 Å². The fraction of sp³-hybridized carbons (Fsp3) is 0.158. The Bertz CT molecular complexity index is 827. The summed E-state index contributed by atoms with van der Waals surface area (Å²) in [5.74, 6) is -0.160. The molecule has 2 amide bonds. The van der Waals surface area contributed by atoms with Crippen LogP contribution in [0.4, 0.5) is 5.69 Å². The van der Waals surface area contributed by atoms with Gasteiger partial charge in [0.15, 0.2) is 0 Å². The van der Waals surface area contributed by atoms with Gasteiger partial charge in [0, 0.05) is 5.56 Å². The van der Waals surface area contributed by atoms with Crippen LogP contribution in [0.1, 0.15) is 18.1 Å². The third-order valence-electron chi connectivity index (χ3n) is 3.67. The first-order chi connectivity index (χ1) is 11.6. The lowest BCUT2D eigenvalue weighted by Gasteiger charge is -2.14. The number of carbonyl (C=O) groups excluding carboxylic acids is 2. The normalized spacial score (nSPS) is 15.8. The minimum atomic E-state index is -0.423. The van der Waals surface area contributed by atoms with Gasteiger partial charge in [0.2, 0.25) is 0 Å². The Morgan fingerprint density at radius 3 is 2.67 bits per heavy atom. The predicted molar refractivity (Wildman–Crippen MR) is 92.4 cm³/mol. The number of benzene rings is 2. The number of amides is 2. The van der Waals surface area contributed by atoms with Crippen LogP contribution in [-0.2, 0) is 9.59 Å². The van der Waals surface area contributed by atoms with Crippen molar-refractivity contribution in [3.05, 3.63) is 65.2 Å². The topological polar surface area (TPSA) is 58.6 Å². The summed E-state index contributed by atoms with van der Waals surface area (Å²) in [4.78, 5) is 24.9. The van der Waals surface area contributed by atoms with Crippen molar-refractivity contribution in [1.82, 2.24) is 5.43 Å². The summed E-state index contributed by atoms with van der Waals surface area (Å²) in [6.07, 6.45) is 1.57. The zero-order valence-electron chi connectivity index (χ0n) is 13.6. The summed E-state index contributed by atoms with van der Waals surface area (Å²) in [5.41, 5.74) is 5.03. The van der Waals surface area contributed by atoms with Crippen molar-refractivity contribution in [3.8, 4) is 5.75 Å². The number of aryl methyl sites for hydroxylation is 1. The van der Waals surface area contributed by atoms with E-state index in [9.17, 15) is 9.59 Å². The van der Waals surface area contributed by atoms with Crippen molar-refractivity contribution in [2.75, 3.05) is 11.6 Å². The van der Waals surface area contributed by atoms with E-state index in [4.69, 9.17) is 4.74 Å². The molecule has 0 aliphatic carbocycles. The van der Waals surface area contributed by atoms with Gasteiger partial charge in [0.1, 0.15) is 11.3 Å². The first-order valence-electron chi connectivity index (χ1n) is 7.76.